The van der Waals surface area contributed by atoms with Crippen LogP contribution in [0.5, 0.6) is 11.5 Å². The smallest absolute Gasteiger partial charge is 0.328 e. The number of hydrogen-bond donors (Lipinski definition) is 4. The fourth-order valence-corrected chi connectivity index (χ4v) is 3.49. The van der Waals surface area contributed by atoms with Crippen molar-refractivity contribution in [2.75, 3.05) is 7.11 Å². The van der Waals surface area contributed by atoms with Crippen LogP contribution in [0.25, 0.3) is 0 Å². The number of rotatable bonds is 10. The van der Waals surface area contributed by atoms with Gasteiger partial charge >= 0.3 is 5.97 Å². The summed E-state index contributed by atoms with van der Waals surface area (Å²) in [5, 5.41) is 25.3. The maximum Gasteiger partial charge on any atom is 0.328 e. The topological polar surface area (TPSA) is 108 Å². The lowest BCUT2D eigenvalue weighted by atomic mass is 10.0. The van der Waals surface area contributed by atoms with Gasteiger partial charge in [0.2, 0.25) is 5.91 Å². The molecule has 0 aromatic heterocycles. The number of hydrogen-bond acceptors (Lipinski definition) is 6. The summed E-state index contributed by atoms with van der Waals surface area (Å²) >= 11 is 0. The summed E-state index contributed by atoms with van der Waals surface area (Å²) in [5.41, 5.74) is 2.57. The molecule has 1 amide bonds. The third-order valence-electron chi connectivity index (χ3n) is 5.24. The third-order valence-corrected chi connectivity index (χ3v) is 5.24. The number of carbonyl (C=O) groups excluding carboxylic acids is 2. The van der Waals surface area contributed by atoms with Crippen molar-refractivity contribution < 1.29 is 24.5 Å². The molecule has 3 aromatic carbocycles. The monoisotopic (exact) mass is 448 g/mol. The number of benzene rings is 3. The number of nitrogens with one attached hydrogen (secondary N) is 2. The molecule has 0 fully saturated rings. The van der Waals surface area contributed by atoms with E-state index in [4.69, 9.17) is 4.74 Å². The van der Waals surface area contributed by atoms with E-state index in [2.05, 4.69) is 10.6 Å². The molecule has 0 aliphatic carbocycles. The minimum absolute atomic E-state index is 0.122. The van der Waals surface area contributed by atoms with Crippen LogP contribution >= 0.6 is 0 Å². The molecule has 7 heteroatoms. The molecule has 4 N–H and O–H groups in total. The van der Waals surface area contributed by atoms with Crippen LogP contribution in [0, 0.1) is 0 Å². The number of phenols is 2. The first-order chi connectivity index (χ1) is 15.9. The summed E-state index contributed by atoms with van der Waals surface area (Å²) in [6.07, 6.45) is 0.641. The van der Waals surface area contributed by atoms with Gasteiger partial charge in [-0.2, -0.15) is 0 Å². The van der Waals surface area contributed by atoms with Gasteiger partial charge in [0.1, 0.15) is 17.5 Å². The molecule has 0 unspecified atom stereocenters. The Hall–Kier alpha value is -3.84. The Morgan fingerprint density at radius 1 is 0.788 bits per heavy atom. The van der Waals surface area contributed by atoms with Crippen molar-refractivity contribution >= 4 is 11.9 Å². The predicted octanol–water partition coefficient (Wildman–Crippen LogP) is 2.70. The van der Waals surface area contributed by atoms with Crippen LogP contribution in [-0.2, 0) is 33.7 Å². The first-order valence-electron chi connectivity index (χ1n) is 10.7. The molecule has 0 aliphatic heterocycles. The van der Waals surface area contributed by atoms with E-state index in [-0.39, 0.29) is 23.8 Å². The molecular weight excluding hydrogens is 420 g/mol. The zero-order valence-electron chi connectivity index (χ0n) is 18.4. The number of methoxy groups -OCH3 is 1. The molecule has 0 aliphatic rings. The second-order valence-corrected chi connectivity index (χ2v) is 7.75. The molecule has 0 heterocycles. The highest BCUT2D eigenvalue weighted by Gasteiger charge is 2.26. The summed E-state index contributed by atoms with van der Waals surface area (Å²) in [6, 6.07) is 21.3. The van der Waals surface area contributed by atoms with Crippen molar-refractivity contribution in [1.29, 1.82) is 0 Å². The molecule has 3 aromatic rings. The van der Waals surface area contributed by atoms with Crippen LogP contribution in [-0.4, -0.2) is 41.3 Å². The first kappa shape index (κ1) is 23.8. The fraction of sp³-hybridized carbons (Fsp3) is 0.231. The van der Waals surface area contributed by atoms with Crippen LogP contribution in [0.1, 0.15) is 16.7 Å². The highest BCUT2D eigenvalue weighted by Crippen LogP contribution is 2.14. The summed E-state index contributed by atoms with van der Waals surface area (Å²) in [4.78, 5) is 25.6. The van der Waals surface area contributed by atoms with E-state index >= 15 is 0 Å². The van der Waals surface area contributed by atoms with Crippen LogP contribution < -0.4 is 10.6 Å². The standard InChI is InChI=1S/C26H28N2O5/c1-33-26(32)24(16-19-10-12-21(29)13-11-19)28-25(31)23(15-18-6-3-2-4-7-18)27-17-20-8-5-9-22(30)14-20/h2-14,23-24,27,29-30H,15-17H2,1H3,(H,28,31)/t23-,24-/m0/s1. The Kier molecular flexibility index (Phi) is 8.43. The average molecular weight is 449 g/mol. The number of phenolic OH excluding ortho intramolecular Hbond substituents is 2. The zero-order valence-corrected chi connectivity index (χ0v) is 18.4. The van der Waals surface area contributed by atoms with Gasteiger partial charge in [0.15, 0.2) is 0 Å². The Balaban J connectivity index is 1.75. The van der Waals surface area contributed by atoms with E-state index in [9.17, 15) is 19.8 Å². The van der Waals surface area contributed by atoms with Crippen molar-refractivity contribution in [1.82, 2.24) is 10.6 Å². The number of aromatic hydroxyl groups is 2. The lowest BCUT2D eigenvalue weighted by Gasteiger charge is -2.23. The molecular formula is C26H28N2O5. The summed E-state index contributed by atoms with van der Waals surface area (Å²) in [6.45, 7) is 0.361. The normalized spacial score (nSPS) is 12.5. The highest BCUT2D eigenvalue weighted by molar-refractivity contribution is 5.88. The van der Waals surface area contributed by atoms with E-state index in [1.165, 1.54) is 19.2 Å². The number of carbonyl (C=O) groups is 2. The maximum atomic E-state index is 13.2. The quantitative estimate of drug-likeness (QED) is 0.355. The van der Waals surface area contributed by atoms with Gasteiger partial charge in [0.25, 0.3) is 0 Å². The van der Waals surface area contributed by atoms with Gasteiger partial charge in [-0.25, -0.2) is 4.79 Å². The molecule has 2 atom stereocenters. The fourth-order valence-electron chi connectivity index (χ4n) is 3.49. The molecule has 33 heavy (non-hydrogen) atoms. The summed E-state index contributed by atoms with van der Waals surface area (Å²) < 4.78 is 4.90. The summed E-state index contributed by atoms with van der Waals surface area (Å²) in [5.74, 6) is -0.620. The van der Waals surface area contributed by atoms with Crippen molar-refractivity contribution in [3.8, 4) is 11.5 Å². The second kappa shape index (κ2) is 11.7. The number of esters is 1. The predicted molar refractivity (Wildman–Crippen MR) is 125 cm³/mol. The van der Waals surface area contributed by atoms with Crippen molar-refractivity contribution in [2.24, 2.45) is 0 Å². The first-order valence-corrected chi connectivity index (χ1v) is 10.7. The Morgan fingerprint density at radius 2 is 1.42 bits per heavy atom. The Bertz CT molecular complexity index is 1050. The zero-order chi connectivity index (χ0) is 23.6. The van der Waals surface area contributed by atoms with Crippen LogP contribution in [0.15, 0.2) is 78.9 Å². The molecule has 0 radical (unpaired) electrons. The molecule has 7 nitrogen and oxygen atoms in total. The molecule has 0 bridgehead atoms. The van der Waals surface area contributed by atoms with E-state index in [0.29, 0.717) is 13.0 Å². The van der Waals surface area contributed by atoms with Gasteiger partial charge in [-0.3, -0.25) is 4.79 Å². The molecule has 0 saturated carbocycles. The molecule has 172 valence electrons. The van der Waals surface area contributed by atoms with Crippen LogP contribution in [0.4, 0.5) is 0 Å². The van der Waals surface area contributed by atoms with Gasteiger partial charge in [-0.05, 0) is 47.4 Å². The van der Waals surface area contributed by atoms with Crippen LogP contribution in [0.3, 0.4) is 0 Å². The number of ether oxygens (including phenoxy) is 1. The van der Waals surface area contributed by atoms with E-state index < -0.39 is 18.1 Å². The van der Waals surface area contributed by atoms with Crippen molar-refractivity contribution in [3.05, 3.63) is 95.6 Å². The minimum Gasteiger partial charge on any atom is -0.508 e. The molecule has 3 rings (SSSR count). The maximum absolute atomic E-state index is 13.2. The SMILES string of the molecule is COC(=O)[C@H](Cc1ccc(O)cc1)NC(=O)[C@H](Cc1ccccc1)NCc1cccc(O)c1. The minimum atomic E-state index is -0.882. The third kappa shape index (κ3) is 7.36. The Labute approximate surface area is 193 Å². The van der Waals surface area contributed by atoms with Crippen molar-refractivity contribution in [3.63, 3.8) is 0 Å². The van der Waals surface area contributed by atoms with Gasteiger partial charge in [-0.1, -0.05) is 54.6 Å². The van der Waals surface area contributed by atoms with Gasteiger partial charge in [0.05, 0.1) is 13.2 Å². The average Bonchev–Trinajstić information content (AvgIpc) is 2.82. The molecule has 0 saturated heterocycles. The summed E-state index contributed by atoms with van der Waals surface area (Å²) in [7, 11) is 1.28. The van der Waals surface area contributed by atoms with Gasteiger partial charge in [-0.15, -0.1) is 0 Å². The lowest BCUT2D eigenvalue weighted by molar-refractivity contribution is -0.145. The van der Waals surface area contributed by atoms with E-state index in [1.54, 1.807) is 30.3 Å². The van der Waals surface area contributed by atoms with Gasteiger partial charge in [0, 0.05) is 13.0 Å². The lowest BCUT2D eigenvalue weighted by Crippen LogP contribution is -2.51. The highest BCUT2D eigenvalue weighted by atomic mass is 16.5. The van der Waals surface area contributed by atoms with Crippen LogP contribution in [0.2, 0.25) is 0 Å². The second-order valence-electron chi connectivity index (χ2n) is 7.75. The van der Waals surface area contributed by atoms with Crippen molar-refractivity contribution in [2.45, 2.75) is 31.5 Å². The van der Waals surface area contributed by atoms with E-state index in [1.807, 2.05) is 36.4 Å². The van der Waals surface area contributed by atoms with Gasteiger partial charge < -0.3 is 25.6 Å². The largest absolute Gasteiger partial charge is 0.508 e. The van der Waals surface area contributed by atoms with E-state index in [0.717, 1.165) is 16.7 Å². The molecule has 0 spiro atoms. The number of amides is 1. The Morgan fingerprint density at radius 3 is 2.09 bits per heavy atom.